The van der Waals surface area contributed by atoms with Crippen LogP contribution in [0, 0.1) is 5.92 Å². The van der Waals surface area contributed by atoms with Crippen LogP contribution in [0.25, 0.3) is 0 Å². The van der Waals surface area contributed by atoms with Crippen LogP contribution in [0.2, 0.25) is 0 Å². The molecule has 2 unspecified atom stereocenters. The molecular weight excluding hydrogens is 230 g/mol. The molecule has 0 bridgehead atoms. The molecule has 4 heteroatoms. The van der Waals surface area contributed by atoms with E-state index < -0.39 is 6.04 Å². The number of esters is 1. The van der Waals surface area contributed by atoms with Crippen LogP contribution in [0.1, 0.15) is 18.4 Å². The van der Waals surface area contributed by atoms with Gasteiger partial charge in [0.15, 0.2) is 0 Å². The maximum atomic E-state index is 11.7. The summed E-state index contributed by atoms with van der Waals surface area (Å²) in [5.74, 6) is 0.0648. The van der Waals surface area contributed by atoms with Crippen LogP contribution in [-0.2, 0) is 20.9 Å². The van der Waals surface area contributed by atoms with E-state index in [0.717, 1.165) is 18.6 Å². The number of benzene rings is 1. The van der Waals surface area contributed by atoms with Crippen molar-refractivity contribution in [1.29, 1.82) is 0 Å². The fourth-order valence-corrected chi connectivity index (χ4v) is 2.06. The third-order valence-electron chi connectivity index (χ3n) is 3.14. The third-order valence-corrected chi connectivity index (χ3v) is 3.14. The van der Waals surface area contributed by atoms with E-state index in [1.54, 1.807) is 0 Å². The number of carbonyl (C=O) groups is 1. The van der Waals surface area contributed by atoms with Crippen LogP contribution in [0.15, 0.2) is 30.3 Å². The standard InChI is InChI=1S/C14H19NO3/c15-13(8-12-6-7-17-9-12)14(16)18-10-11-4-2-1-3-5-11/h1-5,12-13H,6-10,15H2. The average Bonchev–Trinajstić information content (AvgIpc) is 2.90. The van der Waals surface area contributed by atoms with Crippen molar-refractivity contribution >= 4 is 5.97 Å². The number of hydrogen-bond donors (Lipinski definition) is 1. The van der Waals surface area contributed by atoms with Crippen LogP contribution in [-0.4, -0.2) is 25.2 Å². The van der Waals surface area contributed by atoms with E-state index >= 15 is 0 Å². The predicted octanol–water partition coefficient (Wildman–Crippen LogP) is 1.48. The Balaban J connectivity index is 1.73. The molecule has 1 saturated heterocycles. The Morgan fingerprint density at radius 2 is 2.22 bits per heavy atom. The van der Waals surface area contributed by atoms with Gasteiger partial charge >= 0.3 is 5.97 Å². The Morgan fingerprint density at radius 1 is 1.44 bits per heavy atom. The first-order chi connectivity index (χ1) is 8.75. The molecule has 4 nitrogen and oxygen atoms in total. The van der Waals surface area contributed by atoms with Gasteiger partial charge in [0.2, 0.25) is 0 Å². The number of rotatable bonds is 5. The van der Waals surface area contributed by atoms with Crippen LogP contribution in [0.3, 0.4) is 0 Å². The summed E-state index contributed by atoms with van der Waals surface area (Å²) in [4.78, 5) is 11.7. The van der Waals surface area contributed by atoms with Crippen LogP contribution >= 0.6 is 0 Å². The quantitative estimate of drug-likeness (QED) is 0.803. The molecule has 1 aromatic rings. The molecule has 1 aromatic carbocycles. The minimum absolute atomic E-state index is 0.286. The fraction of sp³-hybridized carbons (Fsp3) is 0.500. The van der Waals surface area contributed by atoms with Gasteiger partial charge in [-0.1, -0.05) is 30.3 Å². The van der Waals surface area contributed by atoms with E-state index in [1.807, 2.05) is 30.3 Å². The van der Waals surface area contributed by atoms with Crippen molar-refractivity contribution in [2.45, 2.75) is 25.5 Å². The Morgan fingerprint density at radius 3 is 2.89 bits per heavy atom. The lowest BCUT2D eigenvalue weighted by Gasteiger charge is -2.14. The average molecular weight is 249 g/mol. The van der Waals surface area contributed by atoms with Crippen LogP contribution < -0.4 is 5.73 Å². The van der Waals surface area contributed by atoms with Crippen molar-refractivity contribution in [3.63, 3.8) is 0 Å². The van der Waals surface area contributed by atoms with Crippen molar-refractivity contribution in [3.05, 3.63) is 35.9 Å². The number of nitrogens with two attached hydrogens (primary N) is 1. The molecule has 2 atom stereocenters. The normalized spacial score (nSPS) is 20.6. The van der Waals surface area contributed by atoms with E-state index in [2.05, 4.69) is 0 Å². The summed E-state index contributed by atoms with van der Waals surface area (Å²) in [6.07, 6.45) is 1.63. The lowest BCUT2D eigenvalue weighted by atomic mass is 10.00. The van der Waals surface area contributed by atoms with Gasteiger partial charge in [-0.25, -0.2) is 0 Å². The van der Waals surface area contributed by atoms with E-state index in [-0.39, 0.29) is 12.6 Å². The van der Waals surface area contributed by atoms with Gasteiger partial charge in [0.1, 0.15) is 12.6 Å². The van der Waals surface area contributed by atoms with Crippen molar-refractivity contribution in [2.75, 3.05) is 13.2 Å². The second kappa shape index (κ2) is 6.52. The molecule has 0 amide bonds. The van der Waals surface area contributed by atoms with Crippen molar-refractivity contribution in [1.82, 2.24) is 0 Å². The second-order valence-corrected chi connectivity index (χ2v) is 4.67. The molecule has 1 fully saturated rings. The molecular formula is C14H19NO3. The molecule has 0 spiro atoms. The third kappa shape index (κ3) is 3.82. The zero-order valence-electron chi connectivity index (χ0n) is 10.4. The van der Waals surface area contributed by atoms with Gasteiger partial charge in [0.25, 0.3) is 0 Å². The highest BCUT2D eigenvalue weighted by atomic mass is 16.5. The van der Waals surface area contributed by atoms with Crippen molar-refractivity contribution < 1.29 is 14.3 Å². The Kier molecular flexibility index (Phi) is 4.73. The fourth-order valence-electron chi connectivity index (χ4n) is 2.06. The lowest BCUT2D eigenvalue weighted by Crippen LogP contribution is -2.34. The summed E-state index contributed by atoms with van der Waals surface area (Å²) < 4.78 is 10.5. The van der Waals surface area contributed by atoms with E-state index in [0.29, 0.717) is 18.9 Å². The first-order valence-corrected chi connectivity index (χ1v) is 6.29. The van der Waals surface area contributed by atoms with Gasteiger partial charge in [0.05, 0.1) is 0 Å². The molecule has 1 heterocycles. The molecule has 0 aliphatic carbocycles. The summed E-state index contributed by atoms with van der Waals surface area (Å²) in [5.41, 5.74) is 6.81. The second-order valence-electron chi connectivity index (χ2n) is 4.67. The molecule has 0 saturated carbocycles. The number of hydrogen-bond acceptors (Lipinski definition) is 4. The molecule has 2 rings (SSSR count). The molecule has 98 valence electrons. The van der Waals surface area contributed by atoms with E-state index in [1.165, 1.54) is 0 Å². The molecule has 0 aromatic heterocycles. The van der Waals surface area contributed by atoms with E-state index in [4.69, 9.17) is 15.2 Å². The summed E-state index contributed by atoms with van der Waals surface area (Å²) >= 11 is 0. The first kappa shape index (κ1) is 13.1. The molecule has 0 radical (unpaired) electrons. The Labute approximate surface area is 107 Å². The highest BCUT2D eigenvalue weighted by Gasteiger charge is 2.23. The zero-order valence-corrected chi connectivity index (χ0v) is 10.4. The maximum absolute atomic E-state index is 11.7. The summed E-state index contributed by atoms with van der Waals surface area (Å²) in [7, 11) is 0. The highest BCUT2D eigenvalue weighted by Crippen LogP contribution is 2.18. The SMILES string of the molecule is NC(CC1CCOC1)C(=O)OCc1ccccc1. The van der Waals surface area contributed by atoms with Crippen molar-refractivity contribution in [3.8, 4) is 0 Å². The summed E-state index contributed by atoms with van der Waals surface area (Å²) in [6, 6.07) is 9.06. The van der Waals surface area contributed by atoms with Gasteiger partial charge in [-0.05, 0) is 24.3 Å². The number of ether oxygens (including phenoxy) is 2. The topological polar surface area (TPSA) is 61.5 Å². The zero-order chi connectivity index (χ0) is 12.8. The van der Waals surface area contributed by atoms with Gasteiger partial charge < -0.3 is 15.2 Å². The molecule has 1 aliphatic rings. The smallest absolute Gasteiger partial charge is 0.323 e. The molecule has 2 N–H and O–H groups in total. The lowest BCUT2D eigenvalue weighted by molar-refractivity contribution is -0.147. The van der Waals surface area contributed by atoms with Gasteiger partial charge in [-0.3, -0.25) is 4.79 Å². The van der Waals surface area contributed by atoms with E-state index in [9.17, 15) is 4.79 Å². The summed E-state index contributed by atoms with van der Waals surface area (Å²) in [6.45, 7) is 1.77. The summed E-state index contributed by atoms with van der Waals surface area (Å²) in [5, 5.41) is 0. The monoisotopic (exact) mass is 249 g/mol. The van der Waals surface area contributed by atoms with Crippen molar-refractivity contribution in [2.24, 2.45) is 11.7 Å². The largest absolute Gasteiger partial charge is 0.460 e. The van der Waals surface area contributed by atoms with Gasteiger partial charge in [-0.2, -0.15) is 0 Å². The highest BCUT2D eigenvalue weighted by molar-refractivity contribution is 5.75. The molecule has 18 heavy (non-hydrogen) atoms. The minimum atomic E-state index is -0.541. The first-order valence-electron chi connectivity index (χ1n) is 6.29. The van der Waals surface area contributed by atoms with Gasteiger partial charge in [-0.15, -0.1) is 0 Å². The van der Waals surface area contributed by atoms with Gasteiger partial charge in [0, 0.05) is 13.2 Å². The van der Waals surface area contributed by atoms with Crippen LogP contribution in [0.5, 0.6) is 0 Å². The van der Waals surface area contributed by atoms with Crippen LogP contribution in [0.4, 0.5) is 0 Å². The molecule has 1 aliphatic heterocycles. The Bertz CT molecular complexity index is 374. The minimum Gasteiger partial charge on any atom is -0.460 e. The Hall–Kier alpha value is -1.39. The maximum Gasteiger partial charge on any atom is 0.323 e. The predicted molar refractivity (Wildman–Crippen MR) is 67.8 cm³/mol. The number of carbonyl (C=O) groups excluding carboxylic acids is 1.